The molecule has 3 nitrogen and oxygen atoms in total. The minimum Gasteiger partial charge on any atom is -0.345 e. The molecule has 2 aromatic rings. The van der Waals surface area contributed by atoms with Crippen LogP contribution in [0, 0.1) is 6.92 Å². The van der Waals surface area contributed by atoms with Crippen LogP contribution < -0.4 is 0 Å². The summed E-state index contributed by atoms with van der Waals surface area (Å²) in [5.74, 6) is 0.153. The van der Waals surface area contributed by atoms with Crippen LogP contribution in [0.4, 0.5) is 0 Å². The van der Waals surface area contributed by atoms with E-state index >= 15 is 0 Å². The van der Waals surface area contributed by atoms with E-state index in [4.69, 9.17) is 0 Å². The second-order valence-electron chi connectivity index (χ2n) is 5.81. The summed E-state index contributed by atoms with van der Waals surface area (Å²) in [7, 11) is 0. The molecule has 3 heteroatoms. The Balaban J connectivity index is 1.94. The molecule has 1 fully saturated rings. The highest BCUT2D eigenvalue weighted by molar-refractivity contribution is 6.07. The number of ketones is 1. The van der Waals surface area contributed by atoms with Crippen molar-refractivity contribution >= 4 is 16.7 Å². The van der Waals surface area contributed by atoms with Crippen molar-refractivity contribution in [3.8, 4) is 0 Å². The standard InChI is InChI=1S/C17H22N2O/c1-13-6-5-7-15-16(14(2)20)12-19(17(13)15)11-10-18-8-3-4-9-18/h5-7,12H,3-4,8-11H2,1-2H3. The SMILES string of the molecule is CC(=O)c1cn(CCN2CCCC2)c2c(C)cccc12. The maximum absolute atomic E-state index is 11.8. The summed E-state index contributed by atoms with van der Waals surface area (Å²) in [6, 6.07) is 6.22. The van der Waals surface area contributed by atoms with E-state index in [2.05, 4.69) is 28.5 Å². The van der Waals surface area contributed by atoms with Crippen molar-refractivity contribution < 1.29 is 4.79 Å². The number of carbonyl (C=O) groups is 1. The zero-order valence-electron chi connectivity index (χ0n) is 12.4. The Kier molecular flexibility index (Phi) is 3.62. The van der Waals surface area contributed by atoms with Crippen LogP contribution in [0.5, 0.6) is 0 Å². The van der Waals surface area contributed by atoms with Crippen LogP contribution in [-0.4, -0.2) is 34.9 Å². The summed E-state index contributed by atoms with van der Waals surface area (Å²) in [6.07, 6.45) is 4.68. The molecule has 0 saturated carbocycles. The second-order valence-corrected chi connectivity index (χ2v) is 5.81. The molecular weight excluding hydrogens is 248 g/mol. The summed E-state index contributed by atoms with van der Waals surface area (Å²) in [4.78, 5) is 14.3. The highest BCUT2D eigenvalue weighted by Gasteiger charge is 2.15. The molecule has 0 unspecified atom stereocenters. The highest BCUT2D eigenvalue weighted by Crippen LogP contribution is 2.25. The summed E-state index contributed by atoms with van der Waals surface area (Å²) in [5, 5.41) is 1.10. The van der Waals surface area contributed by atoms with Gasteiger partial charge in [0.05, 0.1) is 5.52 Å². The first-order chi connectivity index (χ1) is 9.66. The second kappa shape index (κ2) is 5.41. The van der Waals surface area contributed by atoms with Gasteiger partial charge in [0, 0.05) is 30.2 Å². The smallest absolute Gasteiger partial charge is 0.161 e. The van der Waals surface area contributed by atoms with Crippen molar-refractivity contribution in [2.45, 2.75) is 33.2 Å². The fourth-order valence-electron chi connectivity index (χ4n) is 3.26. The largest absolute Gasteiger partial charge is 0.345 e. The van der Waals surface area contributed by atoms with Crippen LogP contribution in [0.3, 0.4) is 0 Å². The first-order valence-electron chi connectivity index (χ1n) is 7.48. The molecular formula is C17H22N2O. The highest BCUT2D eigenvalue weighted by atomic mass is 16.1. The zero-order chi connectivity index (χ0) is 14.1. The third kappa shape index (κ3) is 2.38. The van der Waals surface area contributed by atoms with Gasteiger partial charge in [-0.3, -0.25) is 4.79 Å². The van der Waals surface area contributed by atoms with Crippen LogP contribution in [0.2, 0.25) is 0 Å². The summed E-state index contributed by atoms with van der Waals surface area (Å²) >= 11 is 0. The first-order valence-corrected chi connectivity index (χ1v) is 7.48. The normalized spacial score (nSPS) is 16.1. The van der Waals surface area contributed by atoms with Gasteiger partial charge >= 0.3 is 0 Å². The van der Waals surface area contributed by atoms with Gasteiger partial charge in [0.15, 0.2) is 5.78 Å². The number of benzene rings is 1. The van der Waals surface area contributed by atoms with E-state index in [1.165, 1.54) is 37.0 Å². The number of nitrogens with zero attached hydrogens (tertiary/aromatic N) is 2. The molecule has 0 aliphatic carbocycles. The zero-order valence-corrected chi connectivity index (χ0v) is 12.4. The topological polar surface area (TPSA) is 25.2 Å². The third-order valence-electron chi connectivity index (χ3n) is 4.34. The van der Waals surface area contributed by atoms with Gasteiger partial charge in [-0.25, -0.2) is 0 Å². The molecule has 1 aliphatic heterocycles. The molecule has 1 aromatic heterocycles. The van der Waals surface area contributed by atoms with E-state index < -0.39 is 0 Å². The number of para-hydroxylation sites is 1. The molecule has 2 heterocycles. The first kappa shape index (κ1) is 13.4. The van der Waals surface area contributed by atoms with Crippen LogP contribution in [-0.2, 0) is 6.54 Å². The Labute approximate surface area is 120 Å². The third-order valence-corrected chi connectivity index (χ3v) is 4.34. The monoisotopic (exact) mass is 270 g/mol. The average molecular weight is 270 g/mol. The van der Waals surface area contributed by atoms with E-state index in [1.54, 1.807) is 6.92 Å². The molecule has 0 amide bonds. The number of aromatic nitrogens is 1. The van der Waals surface area contributed by atoms with Gasteiger partial charge < -0.3 is 9.47 Å². The lowest BCUT2D eigenvalue weighted by Crippen LogP contribution is -2.23. The fraction of sp³-hybridized carbons (Fsp3) is 0.471. The van der Waals surface area contributed by atoms with Gasteiger partial charge in [0.2, 0.25) is 0 Å². The number of Topliss-reactive ketones (excluding diaryl/α,β-unsaturated/α-hetero) is 1. The van der Waals surface area contributed by atoms with Gasteiger partial charge in [-0.2, -0.15) is 0 Å². The Morgan fingerprint density at radius 2 is 1.95 bits per heavy atom. The van der Waals surface area contributed by atoms with E-state index in [0.717, 1.165) is 24.0 Å². The number of rotatable bonds is 4. The predicted molar refractivity (Wildman–Crippen MR) is 82.4 cm³/mol. The molecule has 1 saturated heterocycles. The molecule has 106 valence electrons. The Morgan fingerprint density at radius 1 is 1.20 bits per heavy atom. The molecule has 3 rings (SSSR count). The predicted octanol–water partition coefficient (Wildman–Crippen LogP) is 3.25. The minimum atomic E-state index is 0.153. The van der Waals surface area contributed by atoms with Crippen molar-refractivity contribution in [2.24, 2.45) is 0 Å². The van der Waals surface area contributed by atoms with Gasteiger partial charge in [-0.1, -0.05) is 18.2 Å². The summed E-state index contributed by atoms with van der Waals surface area (Å²) in [6.45, 7) is 8.26. The van der Waals surface area contributed by atoms with Gasteiger partial charge in [-0.05, 0) is 45.3 Å². The lowest BCUT2D eigenvalue weighted by atomic mass is 10.1. The molecule has 1 aliphatic rings. The van der Waals surface area contributed by atoms with Gasteiger partial charge in [0.1, 0.15) is 0 Å². The number of hydrogen-bond acceptors (Lipinski definition) is 2. The van der Waals surface area contributed by atoms with Gasteiger partial charge in [-0.15, -0.1) is 0 Å². The Morgan fingerprint density at radius 3 is 2.65 bits per heavy atom. The van der Waals surface area contributed by atoms with Crippen molar-refractivity contribution in [3.05, 3.63) is 35.5 Å². The number of likely N-dealkylation sites (tertiary alicyclic amines) is 1. The van der Waals surface area contributed by atoms with Gasteiger partial charge in [0.25, 0.3) is 0 Å². The fourth-order valence-corrected chi connectivity index (χ4v) is 3.26. The van der Waals surface area contributed by atoms with Crippen molar-refractivity contribution in [3.63, 3.8) is 0 Å². The minimum absolute atomic E-state index is 0.153. The van der Waals surface area contributed by atoms with Crippen molar-refractivity contribution in [2.75, 3.05) is 19.6 Å². The van der Waals surface area contributed by atoms with Crippen LogP contribution in [0.15, 0.2) is 24.4 Å². The molecule has 0 bridgehead atoms. The number of hydrogen-bond donors (Lipinski definition) is 0. The van der Waals surface area contributed by atoms with E-state index in [0.29, 0.717) is 0 Å². The number of fused-ring (bicyclic) bond motifs is 1. The molecule has 0 spiro atoms. The van der Waals surface area contributed by atoms with Crippen LogP contribution >= 0.6 is 0 Å². The van der Waals surface area contributed by atoms with E-state index in [1.807, 2.05) is 12.3 Å². The lowest BCUT2D eigenvalue weighted by molar-refractivity contribution is 0.101. The van der Waals surface area contributed by atoms with Crippen molar-refractivity contribution in [1.82, 2.24) is 9.47 Å². The summed E-state index contributed by atoms with van der Waals surface area (Å²) < 4.78 is 2.26. The molecule has 1 aromatic carbocycles. The van der Waals surface area contributed by atoms with Crippen molar-refractivity contribution in [1.29, 1.82) is 0 Å². The summed E-state index contributed by atoms with van der Waals surface area (Å²) in [5.41, 5.74) is 3.32. The Bertz CT molecular complexity index is 636. The molecule has 0 atom stereocenters. The molecule has 0 N–H and O–H groups in total. The maximum atomic E-state index is 11.8. The molecule has 0 radical (unpaired) electrons. The van der Waals surface area contributed by atoms with Crippen LogP contribution in [0.25, 0.3) is 10.9 Å². The average Bonchev–Trinajstić information content (AvgIpc) is 3.04. The molecule has 20 heavy (non-hydrogen) atoms. The number of carbonyl (C=O) groups excluding carboxylic acids is 1. The quantitative estimate of drug-likeness (QED) is 0.797. The van der Waals surface area contributed by atoms with E-state index in [-0.39, 0.29) is 5.78 Å². The lowest BCUT2D eigenvalue weighted by Gasteiger charge is -2.15. The maximum Gasteiger partial charge on any atom is 0.161 e. The van der Waals surface area contributed by atoms with E-state index in [9.17, 15) is 4.79 Å². The Hall–Kier alpha value is -1.61. The van der Waals surface area contributed by atoms with Crippen LogP contribution in [0.1, 0.15) is 35.7 Å². The number of aryl methyl sites for hydroxylation is 1.